The number of hydrogen-bond donors (Lipinski definition) is 0. The molecule has 1 atom stereocenters. The fourth-order valence-electron chi connectivity index (χ4n) is 3.77. The summed E-state index contributed by atoms with van der Waals surface area (Å²) in [5.74, 6) is 0.517. The Labute approximate surface area is 130 Å². The Hall–Kier alpha value is -1.85. The maximum absolute atomic E-state index is 13.0. The van der Waals surface area contributed by atoms with Crippen LogP contribution in [0, 0.1) is 6.92 Å². The van der Waals surface area contributed by atoms with Gasteiger partial charge >= 0.3 is 0 Å². The number of aromatic nitrogens is 1. The van der Waals surface area contributed by atoms with Gasteiger partial charge in [-0.25, -0.2) is 0 Å². The van der Waals surface area contributed by atoms with Gasteiger partial charge in [0.2, 0.25) is 5.91 Å². The molecule has 2 aliphatic rings. The van der Waals surface area contributed by atoms with E-state index in [1.807, 2.05) is 18.7 Å². The summed E-state index contributed by atoms with van der Waals surface area (Å²) < 4.78 is 5.01. The first-order chi connectivity index (χ1) is 10.5. The Morgan fingerprint density at radius 2 is 2.00 bits per heavy atom. The first-order valence-corrected chi connectivity index (χ1v) is 8.02. The second kappa shape index (κ2) is 5.41. The second-order valence-electron chi connectivity index (χ2n) is 6.61. The highest BCUT2D eigenvalue weighted by Crippen LogP contribution is 2.39. The smallest absolute Gasteiger partial charge is 0.276 e. The van der Waals surface area contributed by atoms with E-state index in [-0.39, 0.29) is 17.9 Å². The molecule has 2 aliphatic heterocycles. The van der Waals surface area contributed by atoms with Crippen LogP contribution >= 0.6 is 0 Å². The van der Waals surface area contributed by atoms with Crippen molar-refractivity contribution in [2.24, 2.45) is 0 Å². The van der Waals surface area contributed by atoms with Gasteiger partial charge in [-0.1, -0.05) is 5.16 Å². The molecule has 120 valence electrons. The molecule has 0 aliphatic carbocycles. The highest BCUT2D eigenvalue weighted by molar-refractivity contribution is 5.99. The van der Waals surface area contributed by atoms with Gasteiger partial charge in [0.25, 0.3) is 5.91 Å². The van der Waals surface area contributed by atoms with Crippen molar-refractivity contribution < 1.29 is 14.1 Å². The summed E-state index contributed by atoms with van der Waals surface area (Å²) in [7, 11) is 0. The van der Waals surface area contributed by atoms with Crippen LogP contribution < -0.4 is 0 Å². The average molecular weight is 305 g/mol. The first kappa shape index (κ1) is 15.1. The third-order valence-electron chi connectivity index (χ3n) is 4.85. The largest absolute Gasteiger partial charge is 0.361 e. The number of carbonyl (C=O) groups excluding carboxylic acids is 2. The molecule has 6 nitrogen and oxygen atoms in total. The fraction of sp³-hybridized carbons (Fsp3) is 0.688. The highest BCUT2D eigenvalue weighted by atomic mass is 16.5. The maximum atomic E-state index is 13.0. The van der Waals surface area contributed by atoms with Crippen LogP contribution in [0.4, 0.5) is 0 Å². The molecule has 0 aromatic carbocycles. The van der Waals surface area contributed by atoms with E-state index in [2.05, 4.69) is 5.16 Å². The monoisotopic (exact) mass is 305 g/mol. The Bertz CT molecular complexity index is 595. The lowest BCUT2D eigenvalue weighted by molar-refractivity contribution is -0.147. The van der Waals surface area contributed by atoms with Crippen LogP contribution in [0.5, 0.6) is 0 Å². The lowest BCUT2D eigenvalue weighted by Gasteiger charge is -2.45. The van der Waals surface area contributed by atoms with E-state index in [4.69, 9.17) is 4.52 Å². The predicted octanol–water partition coefficient (Wildman–Crippen LogP) is 1.99. The lowest BCUT2D eigenvalue weighted by atomic mass is 9.84. The molecule has 1 aromatic rings. The van der Waals surface area contributed by atoms with E-state index >= 15 is 0 Å². The van der Waals surface area contributed by atoms with Crippen molar-refractivity contribution in [3.05, 3.63) is 17.5 Å². The zero-order valence-corrected chi connectivity index (χ0v) is 13.5. The van der Waals surface area contributed by atoms with E-state index in [1.54, 1.807) is 17.9 Å². The maximum Gasteiger partial charge on any atom is 0.276 e. The van der Waals surface area contributed by atoms with E-state index in [0.717, 1.165) is 32.2 Å². The predicted molar refractivity (Wildman–Crippen MR) is 80.3 cm³/mol. The molecule has 2 saturated heterocycles. The molecule has 3 rings (SSSR count). The second-order valence-corrected chi connectivity index (χ2v) is 6.61. The van der Waals surface area contributed by atoms with E-state index in [0.29, 0.717) is 18.0 Å². The molecule has 0 radical (unpaired) electrons. The zero-order valence-electron chi connectivity index (χ0n) is 13.5. The van der Waals surface area contributed by atoms with Crippen molar-refractivity contribution in [2.75, 3.05) is 13.1 Å². The number of nitrogens with zero attached hydrogens (tertiary/aromatic N) is 3. The van der Waals surface area contributed by atoms with Gasteiger partial charge in [0.15, 0.2) is 5.69 Å². The van der Waals surface area contributed by atoms with Crippen molar-refractivity contribution in [3.63, 3.8) is 0 Å². The Balaban J connectivity index is 1.91. The van der Waals surface area contributed by atoms with Crippen molar-refractivity contribution in [1.29, 1.82) is 0 Å². The highest BCUT2D eigenvalue weighted by Gasteiger charge is 2.53. The van der Waals surface area contributed by atoms with Crippen molar-refractivity contribution in [1.82, 2.24) is 15.0 Å². The third kappa shape index (κ3) is 2.21. The van der Waals surface area contributed by atoms with Gasteiger partial charge in [0.05, 0.1) is 0 Å². The number of rotatable bonds is 2. The van der Waals surface area contributed by atoms with Crippen molar-refractivity contribution in [2.45, 2.75) is 58.0 Å². The molecule has 2 amide bonds. The van der Waals surface area contributed by atoms with Crippen LogP contribution in [0.25, 0.3) is 0 Å². The lowest BCUT2D eigenvalue weighted by Crippen LogP contribution is -2.62. The summed E-state index contributed by atoms with van der Waals surface area (Å²) >= 11 is 0. The number of amides is 2. The van der Waals surface area contributed by atoms with Crippen LogP contribution in [0.2, 0.25) is 0 Å². The number of aryl methyl sites for hydroxylation is 1. The molecular weight excluding hydrogens is 282 g/mol. The minimum atomic E-state index is -0.674. The molecule has 0 N–H and O–H groups in total. The van der Waals surface area contributed by atoms with Gasteiger partial charge in [-0.05, 0) is 46.5 Å². The third-order valence-corrected chi connectivity index (χ3v) is 4.85. The first-order valence-electron chi connectivity index (χ1n) is 8.02. The number of hydrogen-bond acceptors (Lipinski definition) is 4. The molecule has 6 heteroatoms. The Morgan fingerprint density at radius 1 is 1.32 bits per heavy atom. The Kier molecular flexibility index (Phi) is 3.70. The summed E-state index contributed by atoms with van der Waals surface area (Å²) in [6.07, 6.45) is 3.29. The SMILES string of the molecule is Cc1cc(C(=O)N2CCCC23CCCN(C(C)C)C3=O)no1. The van der Waals surface area contributed by atoms with Crippen LogP contribution in [0.3, 0.4) is 0 Å². The Morgan fingerprint density at radius 3 is 2.59 bits per heavy atom. The molecule has 1 aromatic heterocycles. The molecule has 0 bridgehead atoms. The molecule has 22 heavy (non-hydrogen) atoms. The standard InChI is InChI=1S/C16H23N3O3/c1-11(2)18-8-4-6-16(15(18)21)7-5-9-19(16)14(20)13-10-12(3)22-17-13/h10-11H,4-9H2,1-3H3. The van der Waals surface area contributed by atoms with Gasteiger partial charge in [0.1, 0.15) is 11.3 Å². The fourth-order valence-corrected chi connectivity index (χ4v) is 3.77. The summed E-state index contributed by atoms with van der Waals surface area (Å²) in [6.45, 7) is 7.21. The molecule has 1 spiro atoms. The van der Waals surface area contributed by atoms with Crippen LogP contribution in [-0.4, -0.2) is 51.4 Å². The average Bonchev–Trinajstić information content (AvgIpc) is 3.08. The van der Waals surface area contributed by atoms with Crippen molar-refractivity contribution in [3.8, 4) is 0 Å². The van der Waals surface area contributed by atoms with Crippen LogP contribution in [-0.2, 0) is 4.79 Å². The van der Waals surface area contributed by atoms with Crippen molar-refractivity contribution >= 4 is 11.8 Å². The van der Waals surface area contributed by atoms with Gasteiger partial charge < -0.3 is 14.3 Å². The van der Waals surface area contributed by atoms with Gasteiger partial charge in [0, 0.05) is 25.2 Å². The topological polar surface area (TPSA) is 66.7 Å². The van der Waals surface area contributed by atoms with Gasteiger partial charge in [-0.2, -0.15) is 0 Å². The molecule has 0 saturated carbocycles. The quantitative estimate of drug-likeness (QED) is 0.838. The molecule has 3 heterocycles. The van der Waals surface area contributed by atoms with E-state index in [1.165, 1.54) is 0 Å². The number of likely N-dealkylation sites (tertiary alicyclic amines) is 2. The molecule has 2 fully saturated rings. The zero-order chi connectivity index (χ0) is 15.9. The normalized spacial score (nSPS) is 25.5. The van der Waals surface area contributed by atoms with Crippen LogP contribution in [0.1, 0.15) is 55.8 Å². The summed E-state index contributed by atoms with van der Waals surface area (Å²) in [6, 6.07) is 1.80. The van der Waals surface area contributed by atoms with Gasteiger partial charge in [-0.15, -0.1) is 0 Å². The summed E-state index contributed by atoms with van der Waals surface area (Å²) in [4.78, 5) is 29.5. The van der Waals surface area contributed by atoms with Crippen LogP contribution in [0.15, 0.2) is 10.6 Å². The summed E-state index contributed by atoms with van der Waals surface area (Å²) in [5.41, 5.74) is -0.375. The summed E-state index contributed by atoms with van der Waals surface area (Å²) in [5, 5.41) is 3.83. The minimum absolute atomic E-state index is 0.0971. The number of carbonyl (C=O) groups is 2. The molecule has 1 unspecified atom stereocenters. The molecular formula is C16H23N3O3. The number of piperidine rings is 1. The minimum Gasteiger partial charge on any atom is -0.361 e. The van der Waals surface area contributed by atoms with E-state index < -0.39 is 5.54 Å². The van der Waals surface area contributed by atoms with Gasteiger partial charge in [-0.3, -0.25) is 9.59 Å². The van der Waals surface area contributed by atoms with E-state index in [9.17, 15) is 9.59 Å².